The van der Waals surface area contributed by atoms with E-state index in [1.54, 1.807) is 43.5 Å². The van der Waals surface area contributed by atoms with Crippen LogP contribution in [-0.4, -0.2) is 19.6 Å². The summed E-state index contributed by atoms with van der Waals surface area (Å²) >= 11 is 6.50. The Bertz CT molecular complexity index is 1230. The highest BCUT2D eigenvalue weighted by Gasteiger charge is 2.15. The molecule has 0 radical (unpaired) electrons. The lowest BCUT2D eigenvalue weighted by molar-refractivity contribution is -0.112. The van der Waals surface area contributed by atoms with Gasteiger partial charge in [-0.3, -0.25) is 4.79 Å². The van der Waals surface area contributed by atoms with Gasteiger partial charge in [0.15, 0.2) is 11.5 Å². The van der Waals surface area contributed by atoms with Crippen molar-refractivity contribution in [1.29, 1.82) is 5.26 Å². The van der Waals surface area contributed by atoms with Gasteiger partial charge < -0.3 is 19.5 Å². The fraction of sp³-hybridized carbons (Fsp3) is 0.185. The molecule has 7 heteroatoms. The summed E-state index contributed by atoms with van der Waals surface area (Å²) in [4.78, 5) is 12.6. The minimum absolute atomic E-state index is 0.0808. The molecule has 0 heterocycles. The fourth-order valence-electron chi connectivity index (χ4n) is 3.22. The van der Waals surface area contributed by atoms with Gasteiger partial charge in [-0.05, 0) is 67.4 Å². The summed E-state index contributed by atoms with van der Waals surface area (Å²) in [6.07, 6.45) is 1.46. The van der Waals surface area contributed by atoms with Crippen molar-refractivity contribution in [2.75, 3.05) is 19.0 Å². The molecular formula is C27H25ClN2O4. The van der Waals surface area contributed by atoms with E-state index < -0.39 is 5.91 Å². The molecule has 3 rings (SSSR count). The molecule has 6 nitrogen and oxygen atoms in total. The third-order valence-corrected chi connectivity index (χ3v) is 5.10. The molecule has 0 unspecified atom stereocenters. The van der Waals surface area contributed by atoms with E-state index in [0.29, 0.717) is 46.7 Å². The van der Waals surface area contributed by atoms with Crippen molar-refractivity contribution in [3.63, 3.8) is 0 Å². The minimum atomic E-state index is -0.540. The van der Waals surface area contributed by atoms with Crippen molar-refractivity contribution in [2.45, 2.75) is 20.5 Å². The normalized spacial score (nSPS) is 10.9. The molecule has 0 aliphatic heterocycles. The molecule has 3 aromatic carbocycles. The molecule has 0 spiro atoms. The van der Waals surface area contributed by atoms with Crippen LogP contribution in [0.5, 0.6) is 17.2 Å². The highest BCUT2D eigenvalue weighted by molar-refractivity contribution is 6.32. The first-order valence-electron chi connectivity index (χ1n) is 10.7. The second-order valence-corrected chi connectivity index (χ2v) is 7.80. The molecule has 1 amide bonds. The number of methoxy groups -OCH3 is 1. The Labute approximate surface area is 204 Å². The number of hydrogen-bond donors (Lipinski definition) is 1. The SMILES string of the molecule is CCOc1cc(/C=C(\C#N)C(=O)Nc2ccc(OC)cc2)cc(Cl)c1OCc1cccc(C)c1. The van der Waals surface area contributed by atoms with E-state index in [0.717, 1.165) is 11.1 Å². The van der Waals surface area contributed by atoms with Gasteiger partial charge >= 0.3 is 0 Å². The molecule has 3 aromatic rings. The first-order chi connectivity index (χ1) is 16.4. The van der Waals surface area contributed by atoms with Gasteiger partial charge in [-0.15, -0.1) is 0 Å². The van der Waals surface area contributed by atoms with Crippen LogP contribution in [0.3, 0.4) is 0 Å². The summed E-state index contributed by atoms with van der Waals surface area (Å²) in [5, 5.41) is 12.6. The third-order valence-electron chi connectivity index (χ3n) is 4.82. The standard InChI is InChI=1S/C27H25ClN2O4/c1-4-33-25-15-20(14-24(28)26(25)34-17-19-7-5-6-18(2)12-19)13-21(16-29)27(31)30-22-8-10-23(32-3)11-9-22/h5-15H,4,17H2,1-3H3,(H,30,31)/b21-13+. The number of ether oxygens (including phenoxy) is 3. The zero-order chi connectivity index (χ0) is 24.5. The second-order valence-electron chi connectivity index (χ2n) is 7.39. The van der Waals surface area contributed by atoms with Crippen molar-refractivity contribution in [3.05, 3.63) is 87.9 Å². The van der Waals surface area contributed by atoms with E-state index in [4.69, 9.17) is 25.8 Å². The first-order valence-corrected chi connectivity index (χ1v) is 11.0. The summed E-state index contributed by atoms with van der Waals surface area (Å²) < 4.78 is 16.8. The number of hydrogen-bond acceptors (Lipinski definition) is 5. The molecule has 0 atom stereocenters. The summed E-state index contributed by atoms with van der Waals surface area (Å²) in [5.74, 6) is 0.962. The number of benzene rings is 3. The van der Waals surface area contributed by atoms with E-state index in [1.165, 1.54) is 6.08 Å². The first kappa shape index (κ1) is 24.7. The van der Waals surface area contributed by atoms with Crippen LogP contribution in [-0.2, 0) is 11.4 Å². The average Bonchev–Trinajstić information content (AvgIpc) is 2.82. The Morgan fingerprint density at radius 1 is 1.12 bits per heavy atom. The molecule has 0 aromatic heterocycles. The van der Waals surface area contributed by atoms with Crippen LogP contribution < -0.4 is 19.5 Å². The van der Waals surface area contributed by atoms with Gasteiger partial charge in [-0.25, -0.2) is 0 Å². The van der Waals surface area contributed by atoms with Gasteiger partial charge in [0, 0.05) is 5.69 Å². The number of amides is 1. The fourth-order valence-corrected chi connectivity index (χ4v) is 3.49. The van der Waals surface area contributed by atoms with Gasteiger partial charge in [0.2, 0.25) is 0 Å². The van der Waals surface area contributed by atoms with Crippen molar-refractivity contribution >= 4 is 29.3 Å². The highest BCUT2D eigenvalue weighted by Crippen LogP contribution is 2.38. The quantitative estimate of drug-likeness (QED) is 0.294. The largest absolute Gasteiger partial charge is 0.497 e. The van der Waals surface area contributed by atoms with E-state index in [1.807, 2.05) is 44.2 Å². The number of nitrogens with zero attached hydrogens (tertiary/aromatic N) is 1. The number of halogens is 1. The summed E-state index contributed by atoms with van der Waals surface area (Å²) in [7, 11) is 1.56. The number of anilines is 1. The summed E-state index contributed by atoms with van der Waals surface area (Å²) in [6, 6.07) is 20.1. The monoisotopic (exact) mass is 476 g/mol. The van der Waals surface area contributed by atoms with Crippen LogP contribution in [0.4, 0.5) is 5.69 Å². The smallest absolute Gasteiger partial charge is 0.266 e. The zero-order valence-electron chi connectivity index (χ0n) is 19.2. The Morgan fingerprint density at radius 3 is 2.53 bits per heavy atom. The maximum Gasteiger partial charge on any atom is 0.266 e. The van der Waals surface area contributed by atoms with E-state index in [2.05, 4.69) is 5.32 Å². The third kappa shape index (κ3) is 6.53. The van der Waals surface area contributed by atoms with E-state index >= 15 is 0 Å². The molecule has 0 saturated carbocycles. The van der Waals surface area contributed by atoms with E-state index in [9.17, 15) is 10.1 Å². The van der Waals surface area contributed by atoms with Gasteiger partial charge in [-0.1, -0.05) is 41.4 Å². The maximum absolute atomic E-state index is 12.6. The lowest BCUT2D eigenvalue weighted by Gasteiger charge is -2.15. The van der Waals surface area contributed by atoms with Crippen LogP contribution in [0.1, 0.15) is 23.6 Å². The van der Waals surface area contributed by atoms with Crippen LogP contribution in [0.2, 0.25) is 5.02 Å². The average molecular weight is 477 g/mol. The minimum Gasteiger partial charge on any atom is -0.497 e. The highest BCUT2D eigenvalue weighted by atomic mass is 35.5. The Kier molecular flexibility index (Phi) is 8.55. The van der Waals surface area contributed by atoms with Crippen molar-refractivity contribution in [3.8, 4) is 23.3 Å². The number of carbonyl (C=O) groups is 1. The van der Waals surface area contributed by atoms with Crippen LogP contribution in [0, 0.1) is 18.3 Å². The van der Waals surface area contributed by atoms with Crippen LogP contribution >= 0.6 is 11.6 Å². The lowest BCUT2D eigenvalue weighted by Crippen LogP contribution is -2.13. The molecule has 1 N–H and O–H groups in total. The number of nitriles is 1. The number of rotatable bonds is 9. The molecule has 0 aliphatic rings. The van der Waals surface area contributed by atoms with Gasteiger partial charge in [0.25, 0.3) is 5.91 Å². The van der Waals surface area contributed by atoms with Gasteiger partial charge in [0.05, 0.1) is 18.7 Å². The van der Waals surface area contributed by atoms with Crippen LogP contribution in [0.15, 0.2) is 66.2 Å². The van der Waals surface area contributed by atoms with Crippen molar-refractivity contribution < 1.29 is 19.0 Å². The number of aryl methyl sites for hydroxylation is 1. The molecular weight excluding hydrogens is 452 g/mol. The second kappa shape index (κ2) is 11.8. The van der Waals surface area contributed by atoms with Crippen molar-refractivity contribution in [2.24, 2.45) is 0 Å². The summed E-state index contributed by atoms with van der Waals surface area (Å²) in [5.41, 5.74) is 3.14. The topological polar surface area (TPSA) is 80.6 Å². The zero-order valence-corrected chi connectivity index (χ0v) is 20.0. The van der Waals surface area contributed by atoms with Gasteiger partial charge in [-0.2, -0.15) is 5.26 Å². The molecule has 34 heavy (non-hydrogen) atoms. The molecule has 0 saturated heterocycles. The van der Waals surface area contributed by atoms with E-state index in [-0.39, 0.29) is 5.57 Å². The molecule has 0 aliphatic carbocycles. The predicted octanol–water partition coefficient (Wildman–Crippen LogP) is 6.18. The van der Waals surface area contributed by atoms with Gasteiger partial charge in [0.1, 0.15) is 24.0 Å². The van der Waals surface area contributed by atoms with Crippen molar-refractivity contribution in [1.82, 2.24) is 0 Å². The Balaban J connectivity index is 1.82. The van der Waals surface area contributed by atoms with Crippen LogP contribution in [0.25, 0.3) is 6.08 Å². The molecule has 0 fully saturated rings. The molecule has 0 bridgehead atoms. The summed E-state index contributed by atoms with van der Waals surface area (Å²) in [6.45, 7) is 4.59. The Hall–Kier alpha value is -3.95. The maximum atomic E-state index is 12.6. The lowest BCUT2D eigenvalue weighted by atomic mass is 10.1. The predicted molar refractivity (Wildman–Crippen MR) is 133 cm³/mol. The number of nitrogens with one attached hydrogen (secondary N) is 1. The Morgan fingerprint density at radius 2 is 1.88 bits per heavy atom. The number of carbonyl (C=O) groups excluding carboxylic acids is 1. The molecule has 174 valence electrons.